The Hall–Kier alpha value is -3.66. The van der Waals surface area contributed by atoms with Gasteiger partial charge in [-0.25, -0.2) is 4.79 Å². The monoisotopic (exact) mass is 646 g/mol. The quantitative estimate of drug-likeness (QED) is 0.114. The van der Waals surface area contributed by atoms with Crippen LogP contribution >= 0.6 is 23.4 Å². The minimum absolute atomic E-state index is 0.133. The van der Waals surface area contributed by atoms with Crippen molar-refractivity contribution in [3.63, 3.8) is 0 Å². The number of hydrogen-bond donors (Lipinski definition) is 0. The second-order valence-corrected chi connectivity index (χ2v) is 12.0. The van der Waals surface area contributed by atoms with Crippen LogP contribution in [0, 0.1) is 6.92 Å². The van der Waals surface area contributed by atoms with Crippen LogP contribution in [0.15, 0.2) is 120 Å². The van der Waals surface area contributed by atoms with E-state index in [0.717, 1.165) is 21.6 Å². The highest BCUT2D eigenvalue weighted by molar-refractivity contribution is 7.99. The van der Waals surface area contributed by atoms with Crippen LogP contribution in [0.25, 0.3) is 0 Å². The molecule has 0 aromatic heterocycles. The van der Waals surface area contributed by atoms with E-state index in [0.29, 0.717) is 12.2 Å². The molecule has 4 aromatic carbocycles. The molecule has 1 fully saturated rings. The van der Waals surface area contributed by atoms with Gasteiger partial charge in [0.05, 0.1) is 25.4 Å². The summed E-state index contributed by atoms with van der Waals surface area (Å²) in [4.78, 5) is 27.2. The molecule has 1 aliphatic heterocycles. The fraction of sp³-hybridized carbons (Fsp3) is 0.278. The predicted molar refractivity (Wildman–Crippen MR) is 173 cm³/mol. The van der Waals surface area contributed by atoms with Crippen LogP contribution in [0.2, 0.25) is 0 Å². The lowest BCUT2D eigenvalue weighted by Crippen LogP contribution is -2.61. The van der Waals surface area contributed by atoms with E-state index >= 15 is 0 Å². The number of aryl methyl sites for hydroxylation is 1. The molecule has 1 aliphatic rings. The summed E-state index contributed by atoms with van der Waals surface area (Å²) in [6, 6.07) is 36.1. The molecule has 0 bridgehead atoms. The van der Waals surface area contributed by atoms with E-state index in [9.17, 15) is 9.59 Å². The number of esters is 2. The van der Waals surface area contributed by atoms with Gasteiger partial charge in [-0.1, -0.05) is 108 Å². The summed E-state index contributed by atoms with van der Waals surface area (Å²) < 4.78 is 31.3. The Labute approximate surface area is 272 Å². The average Bonchev–Trinajstić information content (AvgIpc) is 3.07. The van der Waals surface area contributed by atoms with Crippen LogP contribution < -0.4 is 0 Å². The van der Waals surface area contributed by atoms with Gasteiger partial charge in [-0.2, -0.15) is 0 Å². The maximum Gasteiger partial charge on any atom is 0.338 e. The summed E-state index contributed by atoms with van der Waals surface area (Å²) >= 11 is 7.29. The molecule has 0 saturated carbocycles. The average molecular weight is 647 g/mol. The van der Waals surface area contributed by atoms with Crippen molar-refractivity contribution < 1.29 is 33.3 Å². The fourth-order valence-corrected chi connectivity index (χ4v) is 6.09. The molecule has 0 radical (unpaired) electrons. The first-order chi connectivity index (χ1) is 22.0. The predicted octanol–water partition coefficient (Wildman–Crippen LogP) is 6.99. The van der Waals surface area contributed by atoms with Crippen LogP contribution in [0.3, 0.4) is 0 Å². The van der Waals surface area contributed by atoms with Crippen LogP contribution in [-0.4, -0.2) is 54.3 Å². The third-order valence-corrected chi connectivity index (χ3v) is 8.55. The SMILES string of the molecule is Cc1ccc(C(=O)O[C@@H]2[C@@H](OC(=O)CCl)[C@@H](OCc3ccccc3)[C@@H](COCc3ccccc3)O[C@H]2Sc2ccccc2)cc1. The number of rotatable bonds is 13. The zero-order valence-electron chi connectivity index (χ0n) is 24.8. The molecule has 234 valence electrons. The van der Waals surface area contributed by atoms with Crippen molar-refractivity contribution in [1.82, 2.24) is 0 Å². The number of hydrogen-bond acceptors (Lipinski definition) is 8. The summed E-state index contributed by atoms with van der Waals surface area (Å²) in [5.41, 5.74) is 2.52. The Morgan fingerprint density at radius 1 is 0.733 bits per heavy atom. The van der Waals surface area contributed by atoms with Crippen molar-refractivity contribution in [2.24, 2.45) is 0 Å². The minimum Gasteiger partial charge on any atom is -0.454 e. The number of ether oxygens (including phenoxy) is 5. The molecular weight excluding hydrogens is 612 g/mol. The molecule has 4 aromatic rings. The van der Waals surface area contributed by atoms with Crippen LogP contribution in [0.1, 0.15) is 27.0 Å². The zero-order chi connectivity index (χ0) is 31.4. The first-order valence-electron chi connectivity index (χ1n) is 14.7. The summed E-state index contributed by atoms with van der Waals surface area (Å²) in [6.07, 6.45) is -3.62. The third-order valence-electron chi connectivity index (χ3n) is 7.17. The highest BCUT2D eigenvalue weighted by atomic mass is 35.5. The van der Waals surface area contributed by atoms with Gasteiger partial charge in [-0.05, 0) is 42.3 Å². The van der Waals surface area contributed by atoms with Gasteiger partial charge >= 0.3 is 11.9 Å². The Balaban J connectivity index is 1.48. The molecule has 0 amide bonds. The molecule has 5 rings (SSSR count). The van der Waals surface area contributed by atoms with Gasteiger partial charge in [0, 0.05) is 4.90 Å². The molecule has 9 heteroatoms. The number of carbonyl (C=O) groups is 2. The number of alkyl halides is 1. The Morgan fingerprint density at radius 3 is 1.96 bits per heavy atom. The van der Waals surface area contributed by atoms with E-state index in [2.05, 4.69) is 0 Å². The summed E-state index contributed by atoms with van der Waals surface area (Å²) in [6.45, 7) is 2.62. The van der Waals surface area contributed by atoms with E-state index in [-0.39, 0.29) is 19.1 Å². The van der Waals surface area contributed by atoms with Gasteiger partial charge in [0.25, 0.3) is 0 Å². The van der Waals surface area contributed by atoms with Gasteiger partial charge in [0.2, 0.25) is 0 Å². The van der Waals surface area contributed by atoms with Gasteiger partial charge in [-0.3, -0.25) is 4.79 Å². The number of benzene rings is 4. The second-order valence-electron chi connectivity index (χ2n) is 10.6. The van der Waals surface area contributed by atoms with Crippen molar-refractivity contribution in [3.8, 4) is 0 Å². The molecule has 0 spiro atoms. The normalized spacial score (nSPS) is 21.2. The molecule has 7 nitrogen and oxygen atoms in total. The molecule has 0 aliphatic carbocycles. The first-order valence-corrected chi connectivity index (χ1v) is 16.1. The maximum absolute atomic E-state index is 13.5. The topological polar surface area (TPSA) is 80.3 Å². The zero-order valence-corrected chi connectivity index (χ0v) is 26.4. The maximum atomic E-state index is 13.5. The van der Waals surface area contributed by atoms with E-state index in [4.69, 9.17) is 35.3 Å². The van der Waals surface area contributed by atoms with Gasteiger partial charge in [-0.15, -0.1) is 11.6 Å². The highest BCUT2D eigenvalue weighted by Gasteiger charge is 2.51. The lowest BCUT2D eigenvalue weighted by molar-refractivity contribution is -0.237. The molecule has 0 N–H and O–H groups in total. The molecule has 0 unspecified atom stereocenters. The molecule has 1 heterocycles. The van der Waals surface area contributed by atoms with Crippen LogP contribution in [-0.2, 0) is 41.7 Å². The second kappa shape index (κ2) is 16.6. The minimum atomic E-state index is -1.05. The Kier molecular flexibility index (Phi) is 12.1. The Morgan fingerprint density at radius 2 is 1.33 bits per heavy atom. The van der Waals surface area contributed by atoms with Crippen molar-refractivity contribution in [2.45, 2.75) is 54.9 Å². The van der Waals surface area contributed by atoms with Crippen molar-refractivity contribution in [3.05, 3.63) is 138 Å². The van der Waals surface area contributed by atoms with E-state index in [1.165, 1.54) is 11.8 Å². The molecule has 45 heavy (non-hydrogen) atoms. The molecule has 1 saturated heterocycles. The van der Waals surface area contributed by atoms with Crippen molar-refractivity contribution >= 4 is 35.3 Å². The third kappa shape index (κ3) is 9.42. The number of halogens is 1. The van der Waals surface area contributed by atoms with Crippen LogP contribution in [0.5, 0.6) is 0 Å². The number of carbonyl (C=O) groups excluding carboxylic acids is 2. The van der Waals surface area contributed by atoms with Crippen molar-refractivity contribution in [1.29, 1.82) is 0 Å². The molecule has 5 atom stereocenters. The fourth-order valence-electron chi connectivity index (χ4n) is 4.90. The molecular formula is C36H35ClO7S. The largest absolute Gasteiger partial charge is 0.454 e. The van der Waals surface area contributed by atoms with Crippen LogP contribution in [0.4, 0.5) is 0 Å². The Bertz CT molecular complexity index is 1490. The first kappa shape index (κ1) is 32.7. The van der Waals surface area contributed by atoms with E-state index in [1.54, 1.807) is 12.1 Å². The summed E-state index contributed by atoms with van der Waals surface area (Å²) in [7, 11) is 0. The van der Waals surface area contributed by atoms with Crippen molar-refractivity contribution in [2.75, 3.05) is 12.5 Å². The lowest BCUT2D eigenvalue weighted by atomic mass is 9.99. The van der Waals surface area contributed by atoms with Gasteiger partial charge in [0.15, 0.2) is 12.2 Å². The van der Waals surface area contributed by atoms with Gasteiger partial charge < -0.3 is 23.7 Å². The summed E-state index contributed by atoms with van der Waals surface area (Å²) in [5, 5.41) is 0. The standard InChI is InChI=1S/C36H35ClO7S/c1-25-17-19-28(20-18-25)35(39)44-34-33(43-31(38)21-37)32(41-23-27-13-7-3-8-14-27)30(24-40-22-26-11-5-2-6-12-26)42-36(34)45-29-15-9-4-10-16-29/h2-20,30,32-34,36H,21-24H2,1H3/t30-,32+,33+,34-,36+/m1/s1. The number of thioether (sulfide) groups is 1. The summed E-state index contributed by atoms with van der Waals surface area (Å²) in [5.74, 6) is -1.62. The smallest absolute Gasteiger partial charge is 0.338 e. The van der Waals surface area contributed by atoms with Gasteiger partial charge in [0.1, 0.15) is 23.5 Å². The highest BCUT2D eigenvalue weighted by Crippen LogP contribution is 2.38. The van der Waals surface area contributed by atoms with E-state index in [1.807, 2.05) is 110 Å². The van der Waals surface area contributed by atoms with E-state index < -0.39 is 41.8 Å². The lowest BCUT2D eigenvalue weighted by Gasteiger charge is -2.45.